The average Bonchev–Trinajstić information content (AvgIpc) is 3.38. The zero-order chi connectivity index (χ0) is 21.0. The van der Waals surface area contributed by atoms with Crippen LogP contribution < -0.4 is 5.73 Å². The van der Waals surface area contributed by atoms with Crippen molar-refractivity contribution in [1.82, 2.24) is 14.1 Å². The van der Waals surface area contributed by atoms with E-state index in [1.54, 1.807) is 0 Å². The maximum atomic E-state index is 10.8. The summed E-state index contributed by atoms with van der Waals surface area (Å²) >= 11 is 0. The molecule has 0 fully saturated rings. The van der Waals surface area contributed by atoms with E-state index in [2.05, 4.69) is 20.2 Å². The fourth-order valence-electron chi connectivity index (χ4n) is 5.55. The van der Waals surface area contributed by atoms with E-state index < -0.39 is 12.2 Å². The molecule has 1 aliphatic heterocycles. The summed E-state index contributed by atoms with van der Waals surface area (Å²) in [6.45, 7) is 0.532. The van der Waals surface area contributed by atoms with Gasteiger partial charge in [0.25, 0.3) is 0 Å². The van der Waals surface area contributed by atoms with Crippen LogP contribution in [0.2, 0.25) is 0 Å². The normalized spacial score (nSPS) is 19.3. The molecule has 154 valence electrons. The van der Waals surface area contributed by atoms with Crippen LogP contribution in [0.5, 0.6) is 5.88 Å². The molecule has 3 aromatic heterocycles. The molecular formula is C24H20N4O3. The molecule has 0 saturated carbocycles. The molecule has 31 heavy (non-hydrogen) atoms. The first kappa shape index (κ1) is 17.0. The number of nitrogens with two attached hydrogens (primary N) is 1. The third-order valence-corrected chi connectivity index (χ3v) is 6.84. The van der Waals surface area contributed by atoms with Gasteiger partial charge >= 0.3 is 0 Å². The molecule has 7 rings (SSSR count). The molecule has 0 amide bonds. The summed E-state index contributed by atoms with van der Waals surface area (Å²) in [7, 11) is 0. The Balaban J connectivity index is 1.91. The highest BCUT2D eigenvalue weighted by molar-refractivity contribution is 6.36. The van der Waals surface area contributed by atoms with Gasteiger partial charge in [-0.1, -0.05) is 18.2 Å². The van der Waals surface area contributed by atoms with Crippen LogP contribution in [0.4, 0.5) is 5.69 Å². The lowest BCUT2D eigenvalue weighted by Crippen LogP contribution is -2.35. The molecule has 4 heterocycles. The van der Waals surface area contributed by atoms with Crippen molar-refractivity contribution in [2.24, 2.45) is 0 Å². The number of aliphatic hydroxyl groups excluding tert-OH is 2. The maximum absolute atomic E-state index is 10.8. The lowest BCUT2D eigenvalue weighted by molar-refractivity contribution is 0.00168. The predicted molar refractivity (Wildman–Crippen MR) is 122 cm³/mol. The van der Waals surface area contributed by atoms with Crippen LogP contribution in [0.3, 0.4) is 0 Å². The number of rotatable bonds is 0. The van der Waals surface area contributed by atoms with Crippen LogP contribution in [-0.4, -0.2) is 41.6 Å². The average molecular weight is 412 g/mol. The lowest BCUT2D eigenvalue weighted by atomic mass is 10.0. The van der Waals surface area contributed by atoms with Crippen molar-refractivity contribution >= 4 is 60.1 Å². The number of H-pyrrole nitrogens is 1. The standard InChI is InChI=1S/C24H20N4O3/c25-11-5-6-16-13(7-11)20-21-14(8-26-24(21)31)19-12-3-1-2-4-15(12)27-9-17(29)18(30)10-28(16)23(20)22(19)27/h1-8,17-18,26,29-31H,9-10,25H2. The highest BCUT2D eigenvalue weighted by Crippen LogP contribution is 2.47. The Hall–Kier alpha value is -3.68. The number of hydrogen-bond acceptors (Lipinski definition) is 4. The van der Waals surface area contributed by atoms with Crippen LogP contribution in [0.15, 0.2) is 48.7 Å². The minimum atomic E-state index is -0.934. The van der Waals surface area contributed by atoms with Gasteiger partial charge in [0, 0.05) is 49.8 Å². The van der Waals surface area contributed by atoms with E-state index >= 15 is 0 Å². The quantitative estimate of drug-likeness (QED) is 0.246. The van der Waals surface area contributed by atoms with E-state index in [1.165, 1.54) is 0 Å². The van der Waals surface area contributed by atoms with Crippen LogP contribution in [0.1, 0.15) is 0 Å². The van der Waals surface area contributed by atoms with Gasteiger partial charge in [-0.15, -0.1) is 0 Å². The molecular weight excluding hydrogens is 392 g/mol. The molecule has 2 unspecified atom stereocenters. The van der Waals surface area contributed by atoms with Gasteiger partial charge in [-0.2, -0.15) is 0 Å². The topological polar surface area (TPSA) is 112 Å². The molecule has 6 N–H and O–H groups in total. The fourth-order valence-corrected chi connectivity index (χ4v) is 5.55. The Morgan fingerprint density at radius 2 is 1.48 bits per heavy atom. The van der Waals surface area contributed by atoms with Crippen molar-refractivity contribution in [2.45, 2.75) is 25.3 Å². The smallest absolute Gasteiger partial charge is 0.197 e. The lowest BCUT2D eigenvalue weighted by Gasteiger charge is -2.24. The monoisotopic (exact) mass is 412 g/mol. The van der Waals surface area contributed by atoms with Crippen molar-refractivity contribution in [1.29, 1.82) is 0 Å². The summed E-state index contributed by atoms with van der Waals surface area (Å²) in [5.41, 5.74) is 10.6. The van der Waals surface area contributed by atoms with Gasteiger partial charge in [-0.05, 0) is 24.3 Å². The number of para-hydroxylation sites is 1. The highest BCUT2D eigenvalue weighted by atomic mass is 16.3. The number of aromatic amines is 1. The van der Waals surface area contributed by atoms with Crippen LogP contribution in [-0.2, 0) is 13.1 Å². The van der Waals surface area contributed by atoms with E-state index in [4.69, 9.17) is 5.73 Å². The third-order valence-electron chi connectivity index (χ3n) is 6.84. The molecule has 7 heteroatoms. The van der Waals surface area contributed by atoms with Crippen molar-refractivity contribution in [3.63, 3.8) is 0 Å². The molecule has 0 spiro atoms. The minimum Gasteiger partial charge on any atom is -0.494 e. The van der Waals surface area contributed by atoms with E-state index in [9.17, 15) is 15.3 Å². The van der Waals surface area contributed by atoms with Crippen molar-refractivity contribution in [3.05, 3.63) is 48.7 Å². The Bertz CT molecular complexity index is 1700. The van der Waals surface area contributed by atoms with E-state index in [-0.39, 0.29) is 19.0 Å². The summed E-state index contributed by atoms with van der Waals surface area (Å²) < 4.78 is 4.16. The summed E-state index contributed by atoms with van der Waals surface area (Å²) in [4.78, 5) is 3.00. The second-order valence-corrected chi connectivity index (χ2v) is 8.52. The number of nitrogens with one attached hydrogen (secondary N) is 1. The van der Waals surface area contributed by atoms with Gasteiger partial charge in [0.1, 0.15) is 0 Å². The first-order valence-corrected chi connectivity index (χ1v) is 10.3. The molecule has 0 radical (unpaired) electrons. The third kappa shape index (κ3) is 1.95. The zero-order valence-electron chi connectivity index (χ0n) is 16.5. The predicted octanol–water partition coefficient (Wildman–Crippen LogP) is 3.41. The Morgan fingerprint density at radius 1 is 0.806 bits per heavy atom. The number of nitrogen functional groups attached to an aromatic ring is 1. The molecule has 6 aromatic rings. The van der Waals surface area contributed by atoms with Crippen LogP contribution in [0.25, 0.3) is 54.4 Å². The maximum Gasteiger partial charge on any atom is 0.197 e. The van der Waals surface area contributed by atoms with Gasteiger partial charge < -0.3 is 35.2 Å². The number of anilines is 1. The van der Waals surface area contributed by atoms with Crippen LogP contribution >= 0.6 is 0 Å². The SMILES string of the molecule is Nc1ccc2c(c1)c1c3c(O)[nH]cc3c3c4ccccc4n4c3c1n2CC(O)C(O)C4. The molecule has 7 nitrogen and oxygen atoms in total. The van der Waals surface area contributed by atoms with Gasteiger partial charge in [0.2, 0.25) is 0 Å². The zero-order valence-corrected chi connectivity index (χ0v) is 16.5. The number of nitrogens with zero attached hydrogens (tertiary/aromatic N) is 2. The Labute approximate surface area is 175 Å². The molecule has 2 atom stereocenters. The second-order valence-electron chi connectivity index (χ2n) is 8.52. The summed E-state index contributed by atoms with van der Waals surface area (Å²) in [6, 6.07) is 13.8. The van der Waals surface area contributed by atoms with E-state index in [1.807, 2.05) is 42.6 Å². The van der Waals surface area contributed by atoms with Gasteiger partial charge in [0.05, 0.1) is 41.7 Å². The Kier molecular flexibility index (Phi) is 3.03. The molecule has 0 saturated heterocycles. The van der Waals surface area contributed by atoms with Gasteiger partial charge in [0.15, 0.2) is 5.88 Å². The number of fused-ring (bicyclic) bond motifs is 9. The Morgan fingerprint density at radius 3 is 2.26 bits per heavy atom. The number of hydrogen-bond donors (Lipinski definition) is 5. The number of aliphatic hydroxyl groups is 2. The fraction of sp³-hybridized carbons (Fsp3) is 0.167. The minimum absolute atomic E-state index is 0.109. The van der Waals surface area contributed by atoms with Gasteiger partial charge in [-0.25, -0.2) is 0 Å². The van der Waals surface area contributed by atoms with Crippen molar-refractivity contribution < 1.29 is 15.3 Å². The van der Waals surface area contributed by atoms with Crippen molar-refractivity contribution in [2.75, 3.05) is 5.73 Å². The number of benzene rings is 3. The first-order valence-electron chi connectivity index (χ1n) is 10.3. The largest absolute Gasteiger partial charge is 0.494 e. The molecule has 1 aliphatic rings. The van der Waals surface area contributed by atoms with E-state index in [0.717, 1.165) is 54.4 Å². The van der Waals surface area contributed by atoms with Crippen LogP contribution in [0, 0.1) is 0 Å². The van der Waals surface area contributed by atoms with Crippen molar-refractivity contribution in [3.8, 4) is 5.88 Å². The highest BCUT2D eigenvalue weighted by Gasteiger charge is 2.30. The van der Waals surface area contributed by atoms with E-state index in [0.29, 0.717) is 5.69 Å². The molecule has 0 aliphatic carbocycles. The second kappa shape index (κ2) is 5.51. The summed E-state index contributed by atoms with van der Waals surface area (Å²) in [6.07, 6.45) is -0.00424. The summed E-state index contributed by atoms with van der Waals surface area (Å²) in [5.74, 6) is 0.109. The number of aromatic hydroxyl groups is 1. The summed E-state index contributed by atoms with van der Waals surface area (Å²) in [5, 5.41) is 38.0. The molecule has 3 aromatic carbocycles. The number of aromatic nitrogens is 3. The molecule has 0 bridgehead atoms. The first-order chi connectivity index (χ1) is 15.0. The van der Waals surface area contributed by atoms with Gasteiger partial charge in [-0.3, -0.25) is 0 Å².